The van der Waals surface area contributed by atoms with E-state index in [2.05, 4.69) is 40.0 Å². The number of morpholine rings is 1. The van der Waals surface area contributed by atoms with Crippen LogP contribution < -0.4 is 10.6 Å². The van der Waals surface area contributed by atoms with Crippen LogP contribution in [0, 0.1) is 11.3 Å². The Morgan fingerprint density at radius 2 is 2.11 bits per heavy atom. The van der Waals surface area contributed by atoms with E-state index in [9.17, 15) is 0 Å². The molecule has 0 bridgehead atoms. The smallest absolute Gasteiger partial charge is 0.191 e. The number of ether oxygens (including phenoxy) is 1. The maximum Gasteiger partial charge on any atom is 0.191 e. The summed E-state index contributed by atoms with van der Waals surface area (Å²) >= 11 is 1.85. The molecule has 0 radical (unpaired) electrons. The number of aliphatic imine (C=N–C) groups is 1. The zero-order chi connectivity index (χ0) is 17.8. The first-order valence-corrected chi connectivity index (χ1v) is 11.1. The predicted octanol–water partition coefficient (Wildman–Crippen LogP) is 3.48. The standard InChI is InChI=1S/C20H32N4OS.HI/c1-2-21-19(23-15-20(7-8-20)16-5-6-16)22-14-17(18-4-3-13-26-18)24-9-11-25-12-10-24;/h3-4,13,16-17H,2,5-12,14-15H2,1H3,(H2,21,22,23);1H. The third kappa shape index (κ3) is 5.58. The second-order valence-corrected chi connectivity index (χ2v) is 8.87. The Morgan fingerprint density at radius 3 is 2.70 bits per heavy atom. The maximum atomic E-state index is 5.55. The molecule has 3 aliphatic rings. The van der Waals surface area contributed by atoms with E-state index in [0.29, 0.717) is 11.5 Å². The van der Waals surface area contributed by atoms with Crippen LogP contribution in [0.5, 0.6) is 0 Å². The molecule has 152 valence electrons. The van der Waals surface area contributed by atoms with Crippen molar-refractivity contribution in [1.82, 2.24) is 15.5 Å². The zero-order valence-corrected chi connectivity index (χ0v) is 19.4. The van der Waals surface area contributed by atoms with Crippen LogP contribution in [-0.4, -0.2) is 56.8 Å². The molecule has 2 N–H and O–H groups in total. The normalized spacial score (nSPS) is 23.4. The molecule has 7 heteroatoms. The highest BCUT2D eigenvalue weighted by atomic mass is 127. The monoisotopic (exact) mass is 504 g/mol. The molecular weight excluding hydrogens is 471 g/mol. The van der Waals surface area contributed by atoms with Crippen LogP contribution in [-0.2, 0) is 4.74 Å². The van der Waals surface area contributed by atoms with Crippen molar-refractivity contribution in [2.45, 2.75) is 38.6 Å². The van der Waals surface area contributed by atoms with Crippen molar-refractivity contribution >= 4 is 41.3 Å². The fraction of sp³-hybridized carbons (Fsp3) is 0.750. The number of halogens is 1. The predicted molar refractivity (Wildman–Crippen MR) is 123 cm³/mol. The summed E-state index contributed by atoms with van der Waals surface area (Å²) < 4.78 is 5.55. The molecule has 3 fully saturated rings. The number of nitrogens with zero attached hydrogens (tertiary/aromatic N) is 2. The van der Waals surface area contributed by atoms with E-state index < -0.39 is 0 Å². The highest BCUT2D eigenvalue weighted by Gasteiger charge is 2.53. The van der Waals surface area contributed by atoms with Gasteiger partial charge in [-0.05, 0) is 55.4 Å². The van der Waals surface area contributed by atoms with E-state index in [-0.39, 0.29) is 24.0 Å². The van der Waals surface area contributed by atoms with Gasteiger partial charge >= 0.3 is 0 Å². The number of nitrogens with one attached hydrogen (secondary N) is 2. The minimum atomic E-state index is 0. The van der Waals surface area contributed by atoms with E-state index in [1.54, 1.807) is 0 Å². The number of rotatable bonds is 8. The lowest BCUT2D eigenvalue weighted by atomic mass is 10.0. The zero-order valence-electron chi connectivity index (χ0n) is 16.3. The van der Waals surface area contributed by atoms with Crippen LogP contribution in [0.25, 0.3) is 0 Å². The van der Waals surface area contributed by atoms with Gasteiger partial charge in [0.05, 0.1) is 19.3 Å². The Kier molecular flexibility index (Phi) is 7.82. The topological polar surface area (TPSA) is 48.9 Å². The molecule has 0 amide bonds. The molecule has 1 aliphatic heterocycles. The lowest BCUT2D eigenvalue weighted by Gasteiger charge is -2.34. The summed E-state index contributed by atoms with van der Waals surface area (Å²) in [6.45, 7) is 8.61. The van der Waals surface area contributed by atoms with Crippen LogP contribution >= 0.6 is 35.3 Å². The molecule has 1 aromatic rings. The Balaban J connectivity index is 0.00000210. The molecule has 1 aromatic heterocycles. The lowest BCUT2D eigenvalue weighted by Crippen LogP contribution is -2.46. The molecular formula is C20H33IN4OS. The third-order valence-corrected chi connectivity index (χ3v) is 7.03. The van der Waals surface area contributed by atoms with Gasteiger partial charge in [0.2, 0.25) is 0 Å². The second-order valence-electron chi connectivity index (χ2n) is 7.89. The molecule has 2 saturated carbocycles. The van der Waals surface area contributed by atoms with Crippen molar-refractivity contribution in [1.29, 1.82) is 0 Å². The molecule has 2 heterocycles. The van der Waals surface area contributed by atoms with Gasteiger partial charge < -0.3 is 15.4 Å². The Morgan fingerprint density at radius 1 is 1.33 bits per heavy atom. The Hall–Kier alpha value is -0.380. The number of guanidine groups is 1. The molecule has 0 spiro atoms. The van der Waals surface area contributed by atoms with Crippen LogP contribution in [0.4, 0.5) is 0 Å². The number of thiophene rings is 1. The van der Waals surface area contributed by atoms with Crippen molar-refractivity contribution in [3.63, 3.8) is 0 Å². The van der Waals surface area contributed by atoms with Gasteiger partial charge in [0.1, 0.15) is 0 Å². The first kappa shape index (κ1) is 21.3. The van der Waals surface area contributed by atoms with Gasteiger partial charge in [-0.15, -0.1) is 35.3 Å². The quantitative estimate of drug-likeness (QED) is 0.324. The summed E-state index contributed by atoms with van der Waals surface area (Å²) in [5.74, 6) is 1.94. The van der Waals surface area contributed by atoms with E-state index in [1.165, 1.54) is 30.6 Å². The van der Waals surface area contributed by atoms with Crippen molar-refractivity contribution in [2.75, 3.05) is 45.9 Å². The summed E-state index contributed by atoms with van der Waals surface area (Å²) in [5, 5.41) is 9.25. The van der Waals surface area contributed by atoms with Gasteiger partial charge in [-0.25, -0.2) is 0 Å². The first-order chi connectivity index (χ1) is 12.8. The van der Waals surface area contributed by atoms with E-state index in [1.807, 2.05) is 11.3 Å². The molecule has 5 nitrogen and oxygen atoms in total. The van der Waals surface area contributed by atoms with Crippen molar-refractivity contribution in [3.05, 3.63) is 22.4 Å². The van der Waals surface area contributed by atoms with Crippen LogP contribution in [0.3, 0.4) is 0 Å². The van der Waals surface area contributed by atoms with Crippen LogP contribution in [0.15, 0.2) is 22.5 Å². The number of hydrogen-bond acceptors (Lipinski definition) is 4. The minimum absolute atomic E-state index is 0. The first-order valence-electron chi connectivity index (χ1n) is 10.2. The van der Waals surface area contributed by atoms with Crippen molar-refractivity contribution in [3.8, 4) is 0 Å². The van der Waals surface area contributed by atoms with E-state index in [4.69, 9.17) is 9.73 Å². The van der Waals surface area contributed by atoms with Gasteiger partial charge in [0.15, 0.2) is 5.96 Å². The summed E-state index contributed by atoms with van der Waals surface area (Å²) in [6, 6.07) is 4.79. The average molecular weight is 504 g/mol. The van der Waals surface area contributed by atoms with Gasteiger partial charge in [-0.3, -0.25) is 9.89 Å². The van der Waals surface area contributed by atoms with Gasteiger partial charge in [0, 0.05) is 37.6 Å². The van der Waals surface area contributed by atoms with E-state index in [0.717, 1.165) is 57.8 Å². The van der Waals surface area contributed by atoms with Crippen LogP contribution in [0.1, 0.15) is 43.5 Å². The minimum Gasteiger partial charge on any atom is -0.379 e. The second kappa shape index (κ2) is 9.89. The van der Waals surface area contributed by atoms with E-state index >= 15 is 0 Å². The Bertz CT molecular complexity index is 595. The molecule has 2 aliphatic carbocycles. The number of hydrogen-bond donors (Lipinski definition) is 2. The summed E-state index contributed by atoms with van der Waals surface area (Å²) in [4.78, 5) is 8.93. The molecule has 1 saturated heterocycles. The molecule has 4 rings (SSSR count). The van der Waals surface area contributed by atoms with Crippen molar-refractivity contribution in [2.24, 2.45) is 16.3 Å². The summed E-state index contributed by atoms with van der Waals surface area (Å²) in [7, 11) is 0. The fourth-order valence-electron chi connectivity index (χ4n) is 4.10. The van der Waals surface area contributed by atoms with Gasteiger partial charge in [0.25, 0.3) is 0 Å². The molecule has 1 unspecified atom stereocenters. The van der Waals surface area contributed by atoms with Crippen LogP contribution in [0.2, 0.25) is 0 Å². The SMILES string of the molecule is CCNC(=NCC1(C2CC2)CC1)NCC(c1cccs1)N1CCOCC1.I. The third-order valence-electron chi connectivity index (χ3n) is 6.05. The average Bonchev–Trinajstić information content (AvgIpc) is 3.59. The Labute approximate surface area is 184 Å². The van der Waals surface area contributed by atoms with Gasteiger partial charge in [-0.1, -0.05) is 6.07 Å². The summed E-state index contributed by atoms with van der Waals surface area (Å²) in [5.41, 5.74) is 0.555. The molecule has 0 aromatic carbocycles. The molecule has 27 heavy (non-hydrogen) atoms. The lowest BCUT2D eigenvalue weighted by molar-refractivity contribution is 0.0177. The van der Waals surface area contributed by atoms with Crippen molar-refractivity contribution < 1.29 is 4.74 Å². The van der Waals surface area contributed by atoms with Gasteiger partial charge in [-0.2, -0.15) is 0 Å². The highest BCUT2D eigenvalue weighted by Crippen LogP contribution is 2.61. The summed E-state index contributed by atoms with van der Waals surface area (Å²) in [6.07, 6.45) is 5.62. The molecule has 1 atom stereocenters. The highest BCUT2D eigenvalue weighted by molar-refractivity contribution is 14.0. The maximum absolute atomic E-state index is 5.55. The fourth-order valence-corrected chi connectivity index (χ4v) is 4.96. The largest absolute Gasteiger partial charge is 0.379 e.